The van der Waals surface area contributed by atoms with Crippen LogP contribution in [-0.4, -0.2) is 49.9 Å². The molecule has 2 heterocycles. The third-order valence-electron chi connectivity index (χ3n) is 5.90. The molecule has 2 aliphatic rings. The van der Waals surface area contributed by atoms with Gasteiger partial charge in [0.2, 0.25) is 0 Å². The SMILES string of the molecule is O=C(O)Cc1cnn(C/C=C2\CN(C(C(=O)C3CC3)c3ccccc3F)CCC2S)c1. The number of aromatic nitrogens is 2. The van der Waals surface area contributed by atoms with Crippen LogP contribution >= 0.6 is 12.6 Å². The molecule has 4 rings (SSSR count). The fraction of sp³-hybridized carbons (Fsp3) is 0.435. The average Bonchev–Trinajstić information content (AvgIpc) is 3.50. The van der Waals surface area contributed by atoms with Crippen LogP contribution in [0.2, 0.25) is 0 Å². The normalized spacial score (nSPS) is 21.9. The number of hydrogen-bond donors (Lipinski definition) is 2. The third-order valence-corrected chi connectivity index (χ3v) is 6.49. The first-order valence-electron chi connectivity index (χ1n) is 10.5. The van der Waals surface area contributed by atoms with Crippen molar-refractivity contribution in [2.24, 2.45) is 5.92 Å². The number of ketones is 1. The monoisotopic (exact) mass is 443 g/mol. The highest BCUT2D eigenvalue weighted by Crippen LogP contribution is 2.39. The molecule has 1 N–H and O–H groups in total. The van der Waals surface area contributed by atoms with Gasteiger partial charge in [-0.3, -0.25) is 19.2 Å². The molecule has 0 spiro atoms. The van der Waals surface area contributed by atoms with Gasteiger partial charge in [0.1, 0.15) is 5.82 Å². The van der Waals surface area contributed by atoms with Crippen LogP contribution in [0, 0.1) is 11.7 Å². The molecule has 1 aliphatic heterocycles. The molecule has 164 valence electrons. The Morgan fingerprint density at radius 2 is 2.06 bits per heavy atom. The van der Waals surface area contributed by atoms with E-state index in [4.69, 9.17) is 17.7 Å². The number of allylic oxidation sites excluding steroid dienone is 1. The number of piperidine rings is 1. The van der Waals surface area contributed by atoms with E-state index in [-0.39, 0.29) is 29.2 Å². The summed E-state index contributed by atoms with van der Waals surface area (Å²) < 4.78 is 16.3. The molecule has 0 radical (unpaired) electrons. The Morgan fingerprint density at radius 1 is 1.29 bits per heavy atom. The molecular formula is C23H26FN3O3S. The van der Waals surface area contributed by atoms with E-state index in [1.807, 2.05) is 6.08 Å². The zero-order valence-electron chi connectivity index (χ0n) is 17.2. The summed E-state index contributed by atoms with van der Waals surface area (Å²) in [6.07, 6.45) is 7.77. The fourth-order valence-electron chi connectivity index (χ4n) is 4.11. The molecule has 1 aliphatic carbocycles. The first kappa shape index (κ1) is 21.8. The molecule has 1 saturated heterocycles. The number of aliphatic carboxylic acids is 1. The van der Waals surface area contributed by atoms with Crippen molar-refractivity contribution in [1.29, 1.82) is 0 Å². The van der Waals surface area contributed by atoms with Crippen LogP contribution in [0.1, 0.15) is 36.4 Å². The molecule has 31 heavy (non-hydrogen) atoms. The van der Waals surface area contributed by atoms with E-state index in [9.17, 15) is 14.0 Å². The third kappa shape index (κ3) is 5.25. The van der Waals surface area contributed by atoms with E-state index in [0.717, 1.165) is 24.8 Å². The number of carboxylic acid groups (broad SMARTS) is 1. The van der Waals surface area contributed by atoms with Gasteiger partial charge in [-0.05, 0) is 30.9 Å². The van der Waals surface area contributed by atoms with Crippen LogP contribution in [0.3, 0.4) is 0 Å². The Morgan fingerprint density at radius 3 is 2.77 bits per heavy atom. The quantitative estimate of drug-likeness (QED) is 0.484. The molecule has 2 aromatic rings. The molecule has 2 fully saturated rings. The number of halogens is 1. The maximum atomic E-state index is 14.6. The van der Waals surface area contributed by atoms with E-state index >= 15 is 0 Å². The number of benzene rings is 1. The van der Waals surface area contributed by atoms with Gasteiger partial charge in [-0.15, -0.1) is 0 Å². The van der Waals surface area contributed by atoms with Crippen LogP contribution in [0.4, 0.5) is 4.39 Å². The summed E-state index contributed by atoms with van der Waals surface area (Å²) in [7, 11) is 0. The lowest BCUT2D eigenvalue weighted by Gasteiger charge is -2.37. The highest BCUT2D eigenvalue weighted by Gasteiger charge is 2.40. The van der Waals surface area contributed by atoms with Gasteiger partial charge in [0, 0.05) is 41.6 Å². The second-order valence-electron chi connectivity index (χ2n) is 8.30. The van der Waals surface area contributed by atoms with Gasteiger partial charge in [-0.2, -0.15) is 17.7 Å². The highest BCUT2D eigenvalue weighted by atomic mass is 32.1. The smallest absolute Gasteiger partial charge is 0.307 e. The van der Waals surface area contributed by atoms with Gasteiger partial charge in [0.15, 0.2) is 5.78 Å². The largest absolute Gasteiger partial charge is 0.481 e. The second kappa shape index (κ2) is 9.36. The number of likely N-dealkylation sites (tertiary alicyclic amines) is 1. The highest BCUT2D eigenvalue weighted by molar-refractivity contribution is 7.81. The lowest BCUT2D eigenvalue weighted by molar-refractivity contribution is -0.136. The van der Waals surface area contributed by atoms with E-state index in [1.54, 1.807) is 35.3 Å². The van der Waals surface area contributed by atoms with Crippen LogP contribution in [0.25, 0.3) is 0 Å². The van der Waals surface area contributed by atoms with Gasteiger partial charge >= 0.3 is 5.97 Å². The molecule has 1 saturated carbocycles. The topological polar surface area (TPSA) is 75.4 Å². The summed E-state index contributed by atoms with van der Waals surface area (Å²) in [4.78, 5) is 26.0. The van der Waals surface area contributed by atoms with E-state index in [0.29, 0.717) is 30.8 Å². The fourth-order valence-corrected chi connectivity index (χ4v) is 4.42. The predicted molar refractivity (Wildman–Crippen MR) is 117 cm³/mol. The summed E-state index contributed by atoms with van der Waals surface area (Å²) in [5.74, 6) is -1.10. The van der Waals surface area contributed by atoms with Gasteiger partial charge in [-0.25, -0.2) is 4.39 Å². The maximum Gasteiger partial charge on any atom is 0.307 e. The number of nitrogens with zero attached hydrogens (tertiary/aromatic N) is 3. The zero-order valence-corrected chi connectivity index (χ0v) is 18.0. The molecule has 6 nitrogen and oxygen atoms in total. The predicted octanol–water partition coefficient (Wildman–Crippen LogP) is 3.30. The van der Waals surface area contributed by atoms with Gasteiger partial charge < -0.3 is 5.11 Å². The Labute approximate surface area is 186 Å². The number of carbonyl (C=O) groups excluding carboxylic acids is 1. The van der Waals surface area contributed by atoms with Crippen molar-refractivity contribution in [3.05, 3.63) is 65.3 Å². The molecule has 0 amide bonds. The second-order valence-corrected chi connectivity index (χ2v) is 8.92. The molecular weight excluding hydrogens is 417 g/mol. The van der Waals surface area contributed by atoms with Crippen LogP contribution < -0.4 is 0 Å². The van der Waals surface area contributed by atoms with Crippen LogP contribution in [0.5, 0.6) is 0 Å². The Kier molecular flexibility index (Phi) is 6.57. The summed E-state index contributed by atoms with van der Waals surface area (Å²) in [5.41, 5.74) is 2.16. The lowest BCUT2D eigenvalue weighted by atomic mass is 9.93. The minimum atomic E-state index is -0.893. The minimum absolute atomic E-state index is 0.0301. The van der Waals surface area contributed by atoms with Crippen molar-refractivity contribution >= 4 is 24.4 Å². The number of rotatable bonds is 8. The Balaban J connectivity index is 1.52. The van der Waals surface area contributed by atoms with Crippen molar-refractivity contribution < 1.29 is 19.1 Å². The minimum Gasteiger partial charge on any atom is -0.481 e. The zero-order chi connectivity index (χ0) is 22.0. The molecule has 1 aromatic heterocycles. The molecule has 8 heteroatoms. The summed E-state index contributed by atoms with van der Waals surface area (Å²) in [6.45, 7) is 1.70. The van der Waals surface area contributed by atoms with E-state index in [2.05, 4.69) is 10.00 Å². The first-order valence-corrected chi connectivity index (χ1v) is 11.1. The lowest BCUT2D eigenvalue weighted by Crippen LogP contribution is -2.42. The van der Waals surface area contributed by atoms with E-state index in [1.165, 1.54) is 6.07 Å². The molecule has 1 aromatic carbocycles. The van der Waals surface area contributed by atoms with E-state index < -0.39 is 12.0 Å². The summed E-state index contributed by atoms with van der Waals surface area (Å²) in [6, 6.07) is 5.97. The van der Waals surface area contributed by atoms with Gasteiger partial charge in [0.25, 0.3) is 0 Å². The van der Waals surface area contributed by atoms with Crippen molar-refractivity contribution in [1.82, 2.24) is 14.7 Å². The summed E-state index contributed by atoms with van der Waals surface area (Å²) >= 11 is 4.71. The molecule has 0 bridgehead atoms. The van der Waals surface area contributed by atoms with Crippen molar-refractivity contribution in [3.8, 4) is 0 Å². The number of carboxylic acids is 1. The number of carbonyl (C=O) groups is 2. The van der Waals surface area contributed by atoms with Crippen molar-refractivity contribution in [3.63, 3.8) is 0 Å². The van der Waals surface area contributed by atoms with Crippen molar-refractivity contribution in [2.45, 2.75) is 43.5 Å². The van der Waals surface area contributed by atoms with Crippen LogP contribution in [0.15, 0.2) is 48.3 Å². The number of hydrogen-bond acceptors (Lipinski definition) is 5. The standard InChI is InChI=1S/C23H26FN3O3S/c24-19-4-2-1-3-18(19)22(23(30)16-5-6-16)26-9-8-20(31)17(14-26)7-10-27-13-15(12-25-27)11-21(28)29/h1-4,7,12-13,16,20,22,31H,5-6,8-11,14H2,(H,28,29)/b17-7+. The first-order chi connectivity index (χ1) is 14.9. The molecule has 2 unspecified atom stereocenters. The number of Topliss-reactive ketones (excluding diaryl/α,β-unsaturated/α-hetero) is 1. The number of thiol groups is 1. The van der Waals surface area contributed by atoms with Crippen molar-refractivity contribution in [2.75, 3.05) is 13.1 Å². The summed E-state index contributed by atoms with van der Waals surface area (Å²) in [5, 5.41) is 13.2. The maximum absolute atomic E-state index is 14.6. The molecule has 2 atom stereocenters. The van der Waals surface area contributed by atoms with Gasteiger partial charge in [-0.1, -0.05) is 24.3 Å². The van der Waals surface area contributed by atoms with Crippen LogP contribution in [-0.2, 0) is 22.6 Å². The Bertz CT molecular complexity index is 1000. The Hall–Kier alpha value is -2.45. The average molecular weight is 444 g/mol. The van der Waals surface area contributed by atoms with Gasteiger partial charge in [0.05, 0.1) is 25.2 Å².